The molecule has 0 spiro atoms. The third-order valence-electron chi connectivity index (χ3n) is 3.73. The van der Waals surface area contributed by atoms with Gasteiger partial charge in [0.1, 0.15) is 0 Å². The lowest BCUT2D eigenvalue weighted by molar-refractivity contribution is 0.146. The molecule has 2 aliphatic heterocycles. The highest BCUT2D eigenvalue weighted by Crippen LogP contribution is 2.22. The minimum atomic E-state index is 0.650. The fourth-order valence-electron chi connectivity index (χ4n) is 2.78. The van der Waals surface area contributed by atoms with Crippen LogP contribution in [0.2, 0.25) is 5.02 Å². The normalized spacial score (nSPS) is 25.7. The summed E-state index contributed by atoms with van der Waals surface area (Å²) >= 11 is 6.05. The summed E-state index contributed by atoms with van der Waals surface area (Å²) in [6, 6.07) is 8.83. The molecule has 1 N–H and O–H groups in total. The van der Waals surface area contributed by atoms with Crippen molar-refractivity contribution < 1.29 is 0 Å². The molecule has 1 aromatic carbocycles. The zero-order chi connectivity index (χ0) is 11.7. The van der Waals surface area contributed by atoms with Gasteiger partial charge in [0, 0.05) is 56.0 Å². The van der Waals surface area contributed by atoms with Crippen molar-refractivity contribution in [2.75, 3.05) is 44.2 Å². The highest BCUT2D eigenvalue weighted by Gasteiger charge is 2.28. The first-order chi connectivity index (χ1) is 8.33. The van der Waals surface area contributed by atoms with E-state index in [9.17, 15) is 0 Å². The van der Waals surface area contributed by atoms with Gasteiger partial charge in [-0.1, -0.05) is 17.7 Å². The summed E-state index contributed by atoms with van der Waals surface area (Å²) in [5.74, 6) is 0. The van der Waals surface area contributed by atoms with Crippen LogP contribution in [0.1, 0.15) is 0 Å². The van der Waals surface area contributed by atoms with Crippen molar-refractivity contribution in [3.8, 4) is 0 Å². The molecule has 0 radical (unpaired) electrons. The Kier molecular flexibility index (Phi) is 3.23. The highest BCUT2D eigenvalue weighted by molar-refractivity contribution is 6.30. The molecule has 2 aliphatic rings. The predicted octanol–water partition coefficient (Wildman–Crippen LogP) is 1.43. The molecular weight excluding hydrogens is 234 g/mol. The zero-order valence-electron chi connectivity index (χ0n) is 9.90. The molecule has 3 rings (SSSR count). The second-order valence-electron chi connectivity index (χ2n) is 4.82. The Morgan fingerprint density at radius 2 is 2.18 bits per heavy atom. The number of hydrogen-bond donors (Lipinski definition) is 1. The largest absolute Gasteiger partial charge is 0.369 e. The number of rotatable bonds is 1. The van der Waals surface area contributed by atoms with E-state index in [0.717, 1.165) is 31.2 Å². The van der Waals surface area contributed by atoms with Crippen LogP contribution >= 0.6 is 11.6 Å². The summed E-state index contributed by atoms with van der Waals surface area (Å²) in [6.07, 6.45) is 0. The summed E-state index contributed by atoms with van der Waals surface area (Å²) in [6.45, 7) is 6.81. The Balaban J connectivity index is 1.73. The third kappa shape index (κ3) is 2.41. The molecular formula is C13H18ClN3. The van der Waals surface area contributed by atoms with Gasteiger partial charge in [0.05, 0.1) is 0 Å². The van der Waals surface area contributed by atoms with Crippen LogP contribution in [0, 0.1) is 0 Å². The molecule has 3 nitrogen and oxygen atoms in total. The maximum absolute atomic E-state index is 6.05. The molecule has 0 aromatic heterocycles. The quantitative estimate of drug-likeness (QED) is 0.815. The molecule has 2 saturated heterocycles. The molecule has 0 saturated carbocycles. The lowest BCUT2D eigenvalue weighted by atomic mass is 10.1. The van der Waals surface area contributed by atoms with Gasteiger partial charge in [0.15, 0.2) is 0 Å². The minimum absolute atomic E-state index is 0.650. The highest BCUT2D eigenvalue weighted by atomic mass is 35.5. The van der Waals surface area contributed by atoms with Gasteiger partial charge in [0.2, 0.25) is 0 Å². The summed E-state index contributed by atoms with van der Waals surface area (Å²) in [5.41, 5.74) is 1.25. The number of hydrogen-bond acceptors (Lipinski definition) is 3. The first-order valence-corrected chi connectivity index (χ1v) is 6.66. The fourth-order valence-corrected chi connectivity index (χ4v) is 2.96. The monoisotopic (exact) mass is 251 g/mol. The average molecular weight is 252 g/mol. The van der Waals surface area contributed by atoms with Crippen LogP contribution < -0.4 is 10.2 Å². The molecule has 92 valence electrons. The van der Waals surface area contributed by atoms with Gasteiger partial charge in [-0.25, -0.2) is 0 Å². The number of piperazine rings is 2. The molecule has 1 unspecified atom stereocenters. The Bertz CT molecular complexity index is 396. The van der Waals surface area contributed by atoms with E-state index in [1.165, 1.54) is 18.8 Å². The molecule has 0 amide bonds. The molecule has 0 bridgehead atoms. The van der Waals surface area contributed by atoms with E-state index in [1.54, 1.807) is 0 Å². The van der Waals surface area contributed by atoms with E-state index in [1.807, 2.05) is 12.1 Å². The van der Waals surface area contributed by atoms with E-state index in [-0.39, 0.29) is 0 Å². The number of benzene rings is 1. The number of nitrogens with zero attached hydrogens (tertiary/aromatic N) is 2. The van der Waals surface area contributed by atoms with Gasteiger partial charge < -0.3 is 10.2 Å². The van der Waals surface area contributed by atoms with Crippen molar-refractivity contribution in [2.24, 2.45) is 0 Å². The molecule has 2 heterocycles. The molecule has 0 aliphatic carbocycles. The second kappa shape index (κ2) is 4.84. The van der Waals surface area contributed by atoms with Gasteiger partial charge in [-0.15, -0.1) is 0 Å². The number of nitrogens with one attached hydrogen (secondary N) is 1. The van der Waals surface area contributed by atoms with Crippen LogP contribution in [0.5, 0.6) is 0 Å². The minimum Gasteiger partial charge on any atom is -0.369 e. The molecule has 4 heteroatoms. The summed E-state index contributed by atoms with van der Waals surface area (Å²) in [7, 11) is 0. The van der Waals surface area contributed by atoms with Gasteiger partial charge >= 0.3 is 0 Å². The Morgan fingerprint density at radius 1 is 1.24 bits per heavy atom. The van der Waals surface area contributed by atoms with Crippen molar-refractivity contribution in [1.82, 2.24) is 10.2 Å². The third-order valence-corrected chi connectivity index (χ3v) is 3.97. The lowest BCUT2D eigenvalue weighted by Crippen LogP contribution is -2.61. The second-order valence-corrected chi connectivity index (χ2v) is 5.26. The van der Waals surface area contributed by atoms with Crippen LogP contribution in [0.3, 0.4) is 0 Å². The lowest BCUT2D eigenvalue weighted by Gasteiger charge is -2.45. The predicted molar refractivity (Wildman–Crippen MR) is 71.9 cm³/mol. The molecule has 1 aromatic rings. The van der Waals surface area contributed by atoms with Crippen LogP contribution in [-0.2, 0) is 0 Å². The summed E-state index contributed by atoms with van der Waals surface area (Å²) in [4.78, 5) is 5.04. The number of halogens is 1. The smallest absolute Gasteiger partial charge is 0.0426 e. The first kappa shape index (κ1) is 11.3. The van der Waals surface area contributed by atoms with Gasteiger partial charge in [-0.05, 0) is 18.2 Å². The SMILES string of the molecule is Clc1cccc(N2CCN3CCNCC3C2)c1. The fraction of sp³-hybridized carbons (Fsp3) is 0.538. The molecule has 1 atom stereocenters. The topological polar surface area (TPSA) is 18.5 Å². The van der Waals surface area contributed by atoms with Crippen LogP contribution in [0.4, 0.5) is 5.69 Å². The van der Waals surface area contributed by atoms with Crippen molar-refractivity contribution in [3.63, 3.8) is 0 Å². The van der Waals surface area contributed by atoms with Crippen LogP contribution in [-0.4, -0.2) is 50.2 Å². The Morgan fingerprint density at radius 3 is 3.06 bits per heavy atom. The number of anilines is 1. The number of fused-ring (bicyclic) bond motifs is 1. The van der Waals surface area contributed by atoms with E-state index >= 15 is 0 Å². The van der Waals surface area contributed by atoms with E-state index < -0.39 is 0 Å². The van der Waals surface area contributed by atoms with E-state index in [2.05, 4.69) is 27.2 Å². The maximum atomic E-state index is 6.05. The Labute approximate surface area is 107 Å². The van der Waals surface area contributed by atoms with Gasteiger partial charge in [0.25, 0.3) is 0 Å². The molecule has 2 fully saturated rings. The summed E-state index contributed by atoms with van der Waals surface area (Å²) < 4.78 is 0. The standard InChI is InChI=1S/C13H18ClN3/c14-11-2-1-3-12(8-11)17-7-6-16-5-4-15-9-13(16)10-17/h1-3,8,13,15H,4-7,9-10H2. The average Bonchev–Trinajstić information content (AvgIpc) is 2.38. The van der Waals surface area contributed by atoms with Crippen LogP contribution in [0.25, 0.3) is 0 Å². The van der Waals surface area contributed by atoms with E-state index in [0.29, 0.717) is 6.04 Å². The van der Waals surface area contributed by atoms with Crippen molar-refractivity contribution in [1.29, 1.82) is 0 Å². The van der Waals surface area contributed by atoms with E-state index in [4.69, 9.17) is 11.6 Å². The Hall–Kier alpha value is -0.770. The van der Waals surface area contributed by atoms with Crippen molar-refractivity contribution in [2.45, 2.75) is 6.04 Å². The zero-order valence-corrected chi connectivity index (χ0v) is 10.7. The van der Waals surface area contributed by atoms with Crippen molar-refractivity contribution >= 4 is 17.3 Å². The van der Waals surface area contributed by atoms with Gasteiger partial charge in [-0.2, -0.15) is 0 Å². The maximum Gasteiger partial charge on any atom is 0.0426 e. The first-order valence-electron chi connectivity index (χ1n) is 6.28. The van der Waals surface area contributed by atoms with Crippen molar-refractivity contribution in [3.05, 3.63) is 29.3 Å². The summed E-state index contributed by atoms with van der Waals surface area (Å²) in [5, 5.41) is 4.30. The molecule has 17 heavy (non-hydrogen) atoms. The van der Waals surface area contributed by atoms with Crippen LogP contribution in [0.15, 0.2) is 24.3 Å². The van der Waals surface area contributed by atoms with Gasteiger partial charge in [-0.3, -0.25) is 4.90 Å².